The lowest BCUT2D eigenvalue weighted by molar-refractivity contribution is 0.0706. The van der Waals surface area contributed by atoms with Crippen LogP contribution < -0.4 is 0 Å². The van der Waals surface area contributed by atoms with E-state index in [-0.39, 0.29) is 0 Å². The lowest BCUT2D eigenvalue weighted by Crippen LogP contribution is -2.18. The van der Waals surface area contributed by atoms with E-state index in [9.17, 15) is 0 Å². The summed E-state index contributed by atoms with van der Waals surface area (Å²) in [5.41, 5.74) is 4.76. The minimum Gasteiger partial charge on any atom is -0.436 e. The molecule has 1 aliphatic rings. The van der Waals surface area contributed by atoms with Crippen LogP contribution in [0.1, 0.15) is 18.9 Å². The average molecular weight is 319 g/mol. The number of hydrogen-bond acceptors (Lipinski definition) is 4. The molecule has 0 unspecified atom stereocenters. The summed E-state index contributed by atoms with van der Waals surface area (Å²) in [6, 6.07) is 14.5. The molecule has 4 aromatic rings. The van der Waals surface area contributed by atoms with Crippen molar-refractivity contribution in [2.75, 3.05) is 13.2 Å². The van der Waals surface area contributed by atoms with E-state index in [2.05, 4.69) is 32.7 Å². The third-order valence-electron chi connectivity index (χ3n) is 4.70. The van der Waals surface area contributed by atoms with Gasteiger partial charge in [-0.15, -0.1) is 0 Å². The number of imidazole rings is 1. The van der Waals surface area contributed by atoms with Crippen LogP contribution in [-0.2, 0) is 4.74 Å². The summed E-state index contributed by atoms with van der Waals surface area (Å²) in [6.45, 7) is 1.65. The highest BCUT2D eigenvalue weighted by molar-refractivity contribution is 5.82. The van der Waals surface area contributed by atoms with Gasteiger partial charge in [0.05, 0.1) is 17.4 Å². The molecule has 2 aromatic carbocycles. The summed E-state index contributed by atoms with van der Waals surface area (Å²) >= 11 is 0. The third kappa shape index (κ3) is 2.20. The van der Waals surface area contributed by atoms with Gasteiger partial charge in [-0.3, -0.25) is 0 Å². The maximum atomic E-state index is 5.86. The Balaban J connectivity index is 1.56. The van der Waals surface area contributed by atoms with E-state index in [1.807, 2.05) is 30.6 Å². The Hall–Kier alpha value is -2.66. The number of ether oxygens (including phenoxy) is 1. The normalized spacial score (nSPS) is 16.2. The van der Waals surface area contributed by atoms with Gasteiger partial charge in [0.1, 0.15) is 5.52 Å². The highest BCUT2D eigenvalue weighted by atomic mass is 16.5. The average Bonchev–Trinajstić information content (AvgIpc) is 3.26. The van der Waals surface area contributed by atoms with Crippen LogP contribution in [0.4, 0.5) is 0 Å². The summed E-state index contributed by atoms with van der Waals surface area (Å²) < 4.78 is 13.6. The van der Waals surface area contributed by atoms with Gasteiger partial charge in [0.15, 0.2) is 5.58 Å². The summed E-state index contributed by atoms with van der Waals surface area (Å²) in [4.78, 5) is 9.16. The third-order valence-corrected chi connectivity index (χ3v) is 4.70. The van der Waals surface area contributed by atoms with Crippen molar-refractivity contribution in [2.45, 2.75) is 18.9 Å². The Labute approximate surface area is 138 Å². The Morgan fingerprint density at radius 3 is 2.75 bits per heavy atom. The zero-order valence-electron chi connectivity index (χ0n) is 13.2. The van der Waals surface area contributed by atoms with Crippen LogP contribution in [0.3, 0.4) is 0 Å². The largest absolute Gasteiger partial charge is 0.436 e. The molecule has 0 bridgehead atoms. The van der Waals surface area contributed by atoms with E-state index >= 15 is 0 Å². The van der Waals surface area contributed by atoms with Gasteiger partial charge in [-0.05, 0) is 43.2 Å². The van der Waals surface area contributed by atoms with E-state index in [1.165, 1.54) is 0 Å². The van der Waals surface area contributed by atoms with E-state index < -0.39 is 0 Å². The predicted octanol–water partition coefficient (Wildman–Crippen LogP) is 4.20. The summed E-state index contributed by atoms with van der Waals surface area (Å²) in [6.07, 6.45) is 4.02. The van der Waals surface area contributed by atoms with Crippen LogP contribution in [0.2, 0.25) is 0 Å². The van der Waals surface area contributed by atoms with Crippen molar-refractivity contribution in [1.29, 1.82) is 0 Å². The van der Waals surface area contributed by atoms with Gasteiger partial charge in [-0.2, -0.15) is 0 Å². The van der Waals surface area contributed by atoms with E-state index in [4.69, 9.17) is 9.15 Å². The smallest absolute Gasteiger partial charge is 0.227 e. The number of oxazole rings is 1. The number of nitrogens with zero attached hydrogens (tertiary/aromatic N) is 3. The van der Waals surface area contributed by atoms with Crippen molar-refractivity contribution in [2.24, 2.45) is 0 Å². The molecule has 1 fully saturated rings. The monoisotopic (exact) mass is 319 g/mol. The molecule has 5 heteroatoms. The SMILES string of the molecule is c1ccc2oc(-c3ccc4c(c3)ncn4C3CCOCC3)nc2c1. The molecule has 120 valence electrons. The van der Waals surface area contributed by atoms with Gasteiger partial charge in [0, 0.05) is 24.8 Å². The fourth-order valence-electron chi connectivity index (χ4n) is 3.41. The van der Waals surface area contributed by atoms with Gasteiger partial charge >= 0.3 is 0 Å². The number of rotatable bonds is 2. The van der Waals surface area contributed by atoms with Crippen molar-refractivity contribution < 1.29 is 9.15 Å². The van der Waals surface area contributed by atoms with E-state index in [0.717, 1.165) is 53.8 Å². The molecule has 0 atom stereocenters. The summed E-state index contributed by atoms with van der Waals surface area (Å²) in [5.74, 6) is 0.638. The van der Waals surface area contributed by atoms with Gasteiger partial charge < -0.3 is 13.7 Å². The maximum Gasteiger partial charge on any atom is 0.227 e. The number of hydrogen-bond donors (Lipinski definition) is 0. The molecule has 1 aliphatic heterocycles. The highest BCUT2D eigenvalue weighted by Crippen LogP contribution is 2.29. The molecule has 0 saturated carbocycles. The molecular formula is C19H17N3O2. The second-order valence-electron chi connectivity index (χ2n) is 6.19. The lowest BCUT2D eigenvalue weighted by Gasteiger charge is -2.23. The first-order chi connectivity index (χ1) is 11.9. The first-order valence-corrected chi connectivity index (χ1v) is 8.29. The van der Waals surface area contributed by atoms with E-state index in [1.54, 1.807) is 0 Å². The van der Waals surface area contributed by atoms with Crippen molar-refractivity contribution in [1.82, 2.24) is 14.5 Å². The second kappa shape index (κ2) is 5.46. The fraction of sp³-hybridized carbons (Fsp3) is 0.263. The zero-order valence-corrected chi connectivity index (χ0v) is 13.2. The topological polar surface area (TPSA) is 53.1 Å². The van der Waals surface area contributed by atoms with Crippen LogP contribution in [0.15, 0.2) is 53.2 Å². The number of fused-ring (bicyclic) bond motifs is 2. The molecule has 0 spiro atoms. The van der Waals surface area contributed by atoms with Crippen LogP contribution in [-0.4, -0.2) is 27.7 Å². The number of aromatic nitrogens is 3. The van der Waals surface area contributed by atoms with E-state index in [0.29, 0.717) is 11.9 Å². The summed E-state index contributed by atoms with van der Waals surface area (Å²) in [5, 5.41) is 0. The van der Waals surface area contributed by atoms with Crippen molar-refractivity contribution in [3.63, 3.8) is 0 Å². The molecule has 2 aromatic heterocycles. The molecular weight excluding hydrogens is 302 g/mol. The van der Waals surface area contributed by atoms with Crippen molar-refractivity contribution in [3.05, 3.63) is 48.8 Å². The van der Waals surface area contributed by atoms with Gasteiger partial charge in [0.25, 0.3) is 0 Å². The molecule has 3 heterocycles. The van der Waals surface area contributed by atoms with Crippen molar-refractivity contribution >= 4 is 22.1 Å². The Morgan fingerprint density at radius 2 is 1.88 bits per heavy atom. The first kappa shape index (κ1) is 13.7. The molecule has 0 radical (unpaired) electrons. The molecule has 24 heavy (non-hydrogen) atoms. The van der Waals surface area contributed by atoms with Crippen molar-refractivity contribution in [3.8, 4) is 11.5 Å². The zero-order chi connectivity index (χ0) is 15.9. The van der Waals surface area contributed by atoms with Gasteiger partial charge in [0.2, 0.25) is 5.89 Å². The molecule has 0 amide bonds. The Bertz CT molecular complexity index is 979. The molecule has 5 nitrogen and oxygen atoms in total. The van der Waals surface area contributed by atoms with Gasteiger partial charge in [-0.25, -0.2) is 9.97 Å². The second-order valence-corrected chi connectivity index (χ2v) is 6.19. The molecule has 0 N–H and O–H groups in total. The standard InChI is InChI=1S/C19H17N3O2/c1-2-4-18-15(3-1)21-19(24-18)13-5-6-17-16(11-13)20-12-22(17)14-7-9-23-10-8-14/h1-6,11-12,14H,7-10H2. The number of para-hydroxylation sites is 2. The quantitative estimate of drug-likeness (QED) is 0.556. The molecule has 0 aliphatic carbocycles. The Morgan fingerprint density at radius 1 is 1.00 bits per heavy atom. The lowest BCUT2D eigenvalue weighted by atomic mass is 10.1. The van der Waals surface area contributed by atoms with Crippen LogP contribution in [0.25, 0.3) is 33.6 Å². The van der Waals surface area contributed by atoms with Crippen LogP contribution >= 0.6 is 0 Å². The highest BCUT2D eigenvalue weighted by Gasteiger charge is 2.18. The Kier molecular flexibility index (Phi) is 3.13. The predicted molar refractivity (Wildman–Crippen MR) is 91.8 cm³/mol. The molecule has 1 saturated heterocycles. The number of benzene rings is 2. The fourth-order valence-corrected chi connectivity index (χ4v) is 3.41. The molecule has 5 rings (SSSR count). The van der Waals surface area contributed by atoms with Gasteiger partial charge in [-0.1, -0.05) is 12.1 Å². The minimum atomic E-state index is 0.471. The first-order valence-electron chi connectivity index (χ1n) is 8.29. The maximum absolute atomic E-state index is 5.86. The summed E-state index contributed by atoms with van der Waals surface area (Å²) in [7, 11) is 0. The van der Waals surface area contributed by atoms with Crippen LogP contribution in [0.5, 0.6) is 0 Å². The minimum absolute atomic E-state index is 0.471. The van der Waals surface area contributed by atoms with Crippen LogP contribution in [0, 0.1) is 0 Å².